The second-order valence-electron chi connectivity index (χ2n) is 5.24. The molecule has 0 heterocycles. The Morgan fingerprint density at radius 3 is 2.39 bits per heavy atom. The van der Waals surface area contributed by atoms with Crippen LogP contribution in [0.1, 0.15) is 29.2 Å². The highest BCUT2D eigenvalue weighted by Crippen LogP contribution is 2.27. The van der Waals surface area contributed by atoms with Gasteiger partial charge in [-0.15, -0.1) is 0 Å². The van der Waals surface area contributed by atoms with Crippen molar-refractivity contribution >= 4 is 10.8 Å². The fraction of sp³-hybridized carbons (Fsp3) is 0.0952. The quantitative estimate of drug-likeness (QED) is 0.721. The summed E-state index contributed by atoms with van der Waals surface area (Å²) in [4.78, 5) is 0. The molecule has 0 saturated carbocycles. The van der Waals surface area contributed by atoms with E-state index in [0.29, 0.717) is 5.56 Å². The van der Waals surface area contributed by atoms with Gasteiger partial charge in [-0.05, 0) is 28.5 Å². The number of aliphatic hydroxyl groups excluding tert-OH is 1. The van der Waals surface area contributed by atoms with Crippen LogP contribution in [0.3, 0.4) is 0 Å². The Hall–Kier alpha value is -3.07. The molecule has 0 bridgehead atoms. The van der Waals surface area contributed by atoms with Crippen LogP contribution in [0.25, 0.3) is 10.8 Å². The standard InChI is InChI=1S/C21H15NO/c22-15-14-21(23)20-13-11-17-8-4-5-9-18(17)19(20)12-10-16-6-2-1-3-7-16/h1-9,11,13,21,23H,14H2. The van der Waals surface area contributed by atoms with Gasteiger partial charge in [-0.25, -0.2) is 0 Å². The molecule has 0 saturated heterocycles. The number of hydrogen-bond acceptors (Lipinski definition) is 2. The Bertz CT molecular complexity index is 927. The number of benzene rings is 3. The first kappa shape index (κ1) is 14.9. The molecule has 0 aliphatic rings. The summed E-state index contributed by atoms with van der Waals surface area (Å²) in [6.45, 7) is 0. The van der Waals surface area contributed by atoms with Crippen molar-refractivity contribution in [3.63, 3.8) is 0 Å². The lowest BCUT2D eigenvalue weighted by atomic mass is 9.94. The van der Waals surface area contributed by atoms with Crippen LogP contribution in [0.15, 0.2) is 66.7 Å². The summed E-state index contributed by atoms with van der Waals surface area (Å²) in [7, 11) is 0. The number of fused-ring (bicyclic) bond motifs is 1. The molecule has 23 heavy (non-hydrogen) atoms. The number of rotatable bonds is 2. The highest BCUT2D eigenvalue weighted by Gasteiger charge is 2.13. The van der Waals surface area contributed by atoms with Crippen LogP contribution in [0.4, 0.5) is 0 Å². The predicted octanol–water partition coefficient (Wildman–Crippen LogP) is 4.19. The number of aliphatic hydroxyl groups is 1. The fourth-order valence-electron chi connectivity index (χ4n) is 2.56. The molecule has 0 fully saturated rings. The Morgan fingerprint density at radius 1 is 0.870 bits per heavy atom. The SMILES string of the molecule is N#CCC(O)c1ccc2ccccc2c1C#Cc1ccccc1. The van der Waals surface area contributed by atoms with Gasteiger partial charge < -0.3 is 5.11 Å². The highest BCUT2D eigenvalue weighted by molar-refractivity contribution is 5.89. The minimum Gasteiger partial charge on any atom is -0.387 e. The molecule has 1 atom stereocenters. The Balaban J connectivity index is 2.17. The van der Waals surface area contributed by atoms with E-state index in [1.807, 2.05) is 72.8 Å². The van der Waals surface area contributed by atoms with Crippen LogP contribution in [0, 0.1) is 23.2 Å². The van der Waals surface area contributed by atoms with Crippen LogP contribution in [0.2, 0.25) is 0 Å². The van der Waals surface area contributed by atoms with E-state index in [1.165, 1.54) is 0 Å². The van der Waals surface area contributed by atoms with E-state index < -0.39 is 6.10 Å². The third kappa shape index (κ3) is 3.24. The molecule has 2 nitrogen and oxygen atoms in total. The third-order valence-corrected chi connectivity index (χ3v) is 3.71. The average molecular weight is 297 g/mol. The van der Waals surface area contributed by atoms with E-state index in [1.54, 1.807) is 0 Å². The van der Waals surface area contributed by atoms with Gasteiger partial charge in [-0.1, -0.05) is 66.4 Å². The topological polar surface area (TPSA) is 44.0 Å². The number of nitriles is 1. The van der Waals surface area contributed by atoms with E-state index in [0.717, 1.165) is 21.9 Å². The van der Waals surface area contributed by atoms with Crippen molar-refractivity contribution in [1.82, 2.24) is 0 Å². The largest absolute Gasteiger partial charge is 0.387 e. The Morgan fingerprint density at radius 2 is 1.61 bits per heavy atom. The molecule has 2 heteroatoms. The summed E-state index contributed by atoms with van der Waals surface area (Å²) >= 11 is 0. The zero-order valence-electron chi connectivity index (χ0n) is 12.5. The van der Waals surface area contributed by atoms with Crippen molar-refractivity contribution < 1.29 is 5.11 Å². The van der Waals surface area contributed by atoms with Gasteiger partial charge in [0.05, 0.1) is 18.6 Å². The minimum atomic E-state index is -0.829. The summed E-state index contributed by atoms with van der Waals surface area (Å²) in [5.74, 6) is 6.34. The summed E-state index contributed by atoms with van der Waals surface area (Å²) in [6.07, 6.45) is -0.775. The van der Waals surface area contributed by atoms with Gasteiger partial charge in [0.1, 0.15) is 0 Å². The molecule has 0 radical (unpaired) electrons. The highest BCUT2D eigenvalue weighted by atomic mass is 16.3. The van der Waals surface area contributed by atoms with Crippen molar-refractivity contribution in [3.8, 4) is 17.9 Å². The van der Waals surface area contributed by atoms with Gasteiger partial charge in [0.15, 0.2) is 0 Å². The Kier molecular flexibility index (Phi) is 4.39. The second-order valence-corrected chi connectivity index (χ2v) is 5.24. The summed E-state index contributed by atoms with van der Waals surface area (Å²) in [6, 6.07) is 23.5. The molecule has 0 aliphatic carbocycles. The van der Waals surface area contributed by atoms with Crippen molar-refractivity contribution in [3.05, 3.63) is 83.4 Å². The minimum absolute atomic E-state index is 0.0539. The average Bonchev–Trinajstić information content (AvgIpc) is 2.60. The van der Waals surface area contributed by atoms with E-state index in [9.17, 15) is 5.11 Å². The molecule has 3 aromatic rings. The Labute approximate surface area is 135 Å². The number of hydrogen-bond donors (Lipinski definition) is 1. The van der Waals surface area contributed by atoms with Gasteiger partial charge >= 0.3 is 0 Å². The first-order chi connectivity index (χ1) is 11.3. The van der Waals surface area contributed by atoms with Gasteiger partial charge in [-0.2, -0.15) is 5.26 Å². The molecule has 110 valence electrons. The molecule has 1 N–H and O–H groups in total. The van der Waals surface area contributed by atoms with Gasteiger partial charge in [0.25, 0.3) is 0 Å². The maximum atomic E-state index is 10.3. The van der Waals surface area contributed by atoms with Crippen LogP contribution in [0.5, 0.6) is 0 Å². The maximum Gasteiger partial charge on any atom is 0.0932 e. The lowest BCUT2D eigenvalue weighted by Crippen LogP contribution is -2.00. The molecule has 3 aromatic carbocycles. The summed E-state index contributed by atoms with van der Waals surface area (Å²) in [5.41, 5.74) is 2.41. The molecule has 0 aromatic heterocycles. The van der Waals surface area contributed by atoms with Gasteiger partial charge in [0, 0.05) is 11.1 Å². The van der Waals surface area contributed by atoms with Crippen molar-refractivity contribution in [2.75, 3.05) is 0 Å². The monoisotopic (exact) mass is 297 g/mol. The molecule has 3 rings (SSSR count). The summed E-state index contributed by atoms with van der Waals surface area (Å²) < 4.78 is 0. The van der Waals surface area contributed by atoms with E-state index >= 15 is 0 Å². The molecular weight excluding hydrogens is 282 g/mol. The van der Waals surface area contributed by atoms with Crippen molar-refractivity contribution in [2.24, 2.45) is 0 Å². The van der Waals surface area contributed by atoms with E-state index in [-0.39, 0.29) is 6.42 Å². The predicted molar refractivity (Wildman–Crippen MR) is 91.6 cm³/mol. The normalized spacial score (nSPS) is 11.3. The van der Waals surface area contributed by atoms with Crippen LogP contribution in [-0.4, -0.2) is 5.11 Å². The zero-order chi connectivity index (χ0) is 16.1. The number of nitrogens with zero attached hydrogens (tertiary/aromatic N) is 1. The van der Waals surface area contributed by atoms with E-state index in [4.69, 9.17) is 5.26 Å². The van der Waals surface area contributed by atoms with Gasteiger partial charge in [0.2, 0.25) is 0 Å². The lowest BCUT2D eigenvalue weighted by Gasteiger charge is -2.12. The molecule has 0 aliphatic heterocycles. The smallest absolute Gasteiger partial charge is 0.0932 e. The summed E-state index contributed by atoms with van der Waals surface area (Å²) in [5, 5.41) is 21.2. The van der Waals surface area contributed by atoms with Crippen molar-refractivity contribution in [2.45, 2.75) is 12.5 Å². The molecule has 0 spiro atoms. The van der Waals surface area contributed by atoms with Crippen molar-refractivity contribution in [1.29, 1.82) is 5.26 Å². The van der Waals surface area contributed by atoms with E-state index in [2.05, 4.69) is 11.8 Å². The third-order valence-electron chi connectivity index (χ3n) is 3.71. The van der Waals surface area contributed by atoms with Crippen LogP contribution >= 0.6 is 0 Å². The van der Waals surface area contributed by atoms with Crippen LogP contribution in [-0.2, 0) is 0 Å². The maximum absolute atomic E-state index is 10.3. The fourth-order valence-corrected chi connectivity index (χ4v) is 2.56. The van der Waals surface area contributed by atoms with Gasteiger partial charge in [-0.3, -0.25) is 0 Å². The molecular formula is C21H15NO. The van der Waals surface area contributed by atoms with Crippen LogP contribution < -0.4 is 0 Å². The lowest BCUT2D eigenvalue weighted by molar-refractivity contribution is 0.183. The zero-order valence-corrected chi connectivity index (χ0v) is 12.5. The first-order valence-electron chi connectivity index (χ1n) is 7.43. The molecule has 1 unspecified atom stereocenters. The first-order valence-corrected chi connectivity index (χ1v) is 7.43. The second kappa shape index (κ2) is 6.79. The molecule has 0 amide bonds.